The molecule has 0 aliphatic carbocycles. The molecule has 7 heteroatoms. The van der Waals surface area contributed by atoms with Crippen LogP contribution in [0.1, 0.15) is 10.7 Å². The minimum Gasteiger partial charge on any atom is -0.369 e. The van der Waals surface area contributed by atoms with Gasteiger partial charge in [-0.25, -0.2) is 20.8 Å². The van der Waals surface area contributed by atoms with Crippen LogP contribution in [0.25, 0.3) is 0 Å². The summed E-state index contributed by atoms with van der Waals surface area (Å²) in [6.45, 7) is 2.78. The van der Waals surface area contributed by atoms with Crippen LogP contribution in [-0.2, 0) is 6.42 Å². The Labute approximate surface area is 103 Å². The largest absolute Gasteiger partial charge is 0.369 e. The van der Waals surface area contributed by atoms with Gasteiger partial charge in [0, 0.05) is 30.1 Å². The topological polar surface area (TPSA) is 88.8 Å². The van der Waals surface area contributed by atoms with Gasteiger partial charge in [0.05, 0.1) is 5.01 Å². The Morgan fingerprint density at radius 1 is 1.35 bits per heavy atom. The van der Waals surface area contributed by atoms with Crippen molar-refractivity contribution < 1.29 is 0 Å². The molecule has 0 unspecified atom stereocenters. The standard InChI is InChI=1S/C10H14N6S/c1-7-5-17-10(15-7)2-3-12-8-4-9(16-11)14-6-13-8/h4-6H,2-3,11H2,1H3,(H2,12,13,14,16). The van der Waals surface area contributed by atoms with E-state index in [1.807, 2.05) is 6.92 Å². The molecule has 0 atom stereocenters. The minimum atomic E-state index is 0.590. The van der Waals surface area contributed by atoms with Gasteiger partial charge >= 0.3 is 0 Å². The van der Waals surface area contributed by atoms with Crippen molar-refractivity contribution in [2.24, 2.45) is 5.84 Å². The molecule has 6 nitrogen and oxygen atoms in total. The molecule has 0 spiro atoms. The summed E-state index contributed by atoms with van der Waals surface area (Å²) in [5.41, 5.74) is 3.55. The van der Waals surface area contributed by atoms with Crippen molar-refractivity contribution in [3.05, 3.63) is 28.5 Å². The first kappa shape index (κ1) is 11.7. The van der Waals surface area contributed by atoms with Crippen LogP contribution in [0.3, 0.4) is 0 Å². The lowest BCUT2D eigenvalue weighted by atomic mass is 10.4. The molecule has 0 saturated heterocycles. The molecule has 0 bridgehead atoms. The molecule has 0 aliphatic heterocycles. The third-order valence-corrected chi connectivity index (χ3v) is 3.15. The van der Waals surface area contributed by atoms with E-state index in [4.69, 9.17) is 5.84 Å². The average Bonchev–Trinajstić information content (AvgIpc) is 2.75. The van der Waals surface area contributed by atoms with Crippen LogP contribution in [0.4, 0.5) is 11.6 Å². The Balaban J connectivity index is 1.85. The molecular weight excluding hydrogens is 236 g/mol. The lowest BCUT2D eigenvalue weighted by molar-refractivity contribution is 0.973. The van der Waals surface area contributed by atoms with E-state index in [1.54, 1.807) is 17.4 Å². The van der Waals surface area contributed by atoms with Gasteiger partial charge in [-0.1, -0.05) is 0 Å². The lowest BCUT2D eigenvalue weighted by Gasteiger charge is -2.05. The summed E-state index contributed by atoms with van der Waals surface area (Å²) in [5, 5.41) is 6.38. The summed E-state index contributed by atoms with van der Waals surface area (Å²) in [7, 11) is 0. The van der Waals surface area contributed by atoms with Crippen LogP contribution in [0.15, 0.2) is 17.8 Å². The smallest absolute Gasteiger partial charge is 0.145 e. The zero-order valence-electron chi connectivity index (χ0n) is 9.47. The maximum Gasteiger partial charge on any atom is 0.145 e. The fourth-order valence-electron chi connectivity index (χ4n) is 1.35. The quantitative estimate of drug-likeness (QED) is 0.545. The molecule has 2 rings (SSSR count). The molecule has 0 amide bonds. The highest BCUT2D eigenvalue weighted by Crippen LogP contribution is 2.10. The van der Waals surface area contributed by atoms with Gasteiger partial charge in [0.2, 0.25) is 0 Å². The third kappa shape index (κ3) is 3.36. The second-order valence-corrected chi connectivity index (χ2v) is 4.43. The predicted molar refractivity (Wildman–Crippen MR) is 68.9 cm³/mol. The minimum absolute atomic E-state index is 0.590. The summed E-state index contributed by atoms with van der Waals surface area (Å²) < 4.78 is 0. The number of nitrogen functional groups attached to an aromatic ring is 1. The lowest BCUT2D eigenvalue weighted by Crippen LogP contribution is -2.11. The molecule has 2 heterocycles. The predicted octanol–water partition coefficient (Wildman–Crippen LogP) is 1.18. The zero-order chi connectivity index (χ0) is 12.1. The molecule has 4 N–H and O–H groups in total. The van der Waals surface area contributed by atoms with Gasteiger partial charge < -0.3 is 10.7 Å². The van der Waals surface area contributed by atoms with Gasteiger partial charge in [-0.3, -0.25) is 0 Å². The molecule has 0 saturated carbocycles. The molecular formula is C10H14N6S. The zero-order valence-corrected chi connectivity index (χ0v) is 10.3. The number of rotatable bonds is 5. The number of nitrogens with two attached hydrogens (primary N) is 1. The Morgan fingerprint density at radius 2 is 2.18 bits per heavy atom. The number of nitrogens with one attached hydrogen (secondary N) is 2. The molecule has 2 aromatic rings. The number of anilines is 2. The first-order valence-corrected chi connectivity index (χ1v) is 6.09. The normalized spacial score (nSPS) is 10.2. The third-order valence-electron chi connectivity index (χ3n) is 2.13. The Kier molecular flexibility index (Phi) is 3.84. The number of hydrogen-bond acceptors (Lipinski definition) is 7. The number of hydrogen-bond donors (Lipinski definition) is 3. The molecule has 0 radical (unpaired) electrons. The fraction of sp³-hybridized carbons (Fsp3) is 0.300. The van der Waals surface area contributed by atoms with Crippen molar-refractivity contribution in [3.63, 3.8) is 0 Å². The number of hydrazine groups is 1. The van der Waals surface area contributed by atoms with Crippen molar-refractivity contribution in [3.8, 4) is 0 Å². The number of aromatic nitrogens is 3. The summed E-state index contributed by atoms with van der Waals surface area (Å²) >= 11 is 1.68. The SMILES string of the molecule is Cc1csc(CCNc2cc(NN)ncn2)n1. The van der Waals surface area contributed by atoms with Crippen molar-refractivity contribution in [2.75, 3.05) is 17.3 Å². The maximum atomic E-state index is 5.26. The van der Waals surface area contributed by atoms with Crippen LogP contribution in [0.2, 0.25) is 0 Å². The number of aryl methyl sites for hydroxylation is 1. The summed E-state index contributed by atoms with van der Waals surface area (Å²) in [6.07, 6.45) is 2.35. The van der Waals surface area contributed by atoms with Crippen LogP contribution in [0, 0.1) is 6.92 Å². The van der Waals surface area contributed by atoms with E-state index >= 15 is 0 Å². The van der Waals surface area contributed by atoms with E-state index in [-0.39, 0.29) is 0 Å². The van der Waals surface area contributed by atoms with Gasteiger partial charge in [-0.15, -0.1) is 11.3 Å². The average molecular weight is 250 g/mol. The van der Waals surface area contributed by atoms with Gasteiger partial charge in [0.1, 0.15) is 18.0 Å². The first-order chi connectivity index (χ1) is 8.28. The van der Waals surface area contributed by atoms with Gasteiger partial charge in [-0.2, -0.15) is 0 Å². The Bertz CT molecular complexity index is 483. The molecule has 0 aliphatic rings. The van der Waals surface area contributed by atoms with Gasteiger partial charge in [-0.05, 0) is 6.92 Å². The summed E-state index contributed by atoms with van der Waals surface area (Å²) in [4.78, 5) is 12.4. The van der Waals surface area contributed by atoms with Crippen LogP contribution in [0.5, 0.6) is 0 Å². The number of nitrogens with zero attached hydrogens (tertiary/aromatic N) is 3. The van der Waals surface area contributed by atoms with Gasteiger partial charge in [0.15, 0.2) is 0 Å². The van der Waals surface area contributed by atoms with Crippen molar-refractivity contribution >= 4 is 23.0 Å². The second-order valence-electron chi connectivity index (χ2n) is 3.49. The molecule has 0 aromatic carbocycles. The first-order valence-electron chi connectivity index (χ1n) is 5.21. The fourth-order valence-corrected chi connectivity index (χ4v) is 2.12. The van der Waals surface area contributed by atoms with Crippen molar-refractivity contribution in [2.45, 2.75) is 13.3 Å². The van der Waals surface area contributed by atoms with Crippen molar-refractivity contribution in [1.82, 2.24) is 15.0 Å². The highest BCUT2D eigenvalue weighted by atomic mass is 32.1. The summed E-state index contributed by atoms with van der Waals surface area (Å²) in [6, 6.07) is 1.76. The highest BCUT2D eigenvalue weighted by molar-refractivity contribution is 7.09. The van der Waals surface area contributed by atoms with E-state index in [0.717, 1.165) is 29.5 Å². The second kappa shape index (κ2) is 5.55. The van der Waals surface area contributed by atoms with Gasteiger partial charge in [0.25, 0.3) is 0 Å². The van der Waals surface area contributed by atoms with Crippen LogP contribution in [-0.4, -0.2) is 21.5 Å². The monoisotopic (exact) mass is 250 g/mol. The molecule has 90 valence electrons. The van der Waals surface area contributed by atoms with Crippen LogP contribution >= 0.6 is 11.3 Å². The van der Waals surface area contributed by atoms with Crippen LogP contribution < -0.4 is 16.6 Å². The Morgan fingerprint density at radius 3 is 2.88 bits per heavy atom. The van der Waals surface area contributed by atoms with E-state index < -0.39 is 0 Å². The molecule has 2 aromatic heterocycles. The Hall–Kier alpha value is -1.73. The van der Waals surface area contributed by atoms with E-state index in [2.05, 4.69) is 31.1 Å². The molecule has 0 fully saturated rings. The van der Waals surface area contributed by atoms with E-state index in [1.165, 1.54) is 6.33 Å². The van der Waals surface area contributed by atoms with E-state index in [9.17, 15) is 0 Å². The van der Waals surface area contributed by atoms with E-state index in [0.29, 0.717) is 5.82 Å². The molecule has 17 heavy (non-hydrogen) atoms. The number of thiazole rings is 1. The maximum absolute atomic E-state index is 5.26. The van der Waals surface area contributed by atoms with Crippen molar-refractivity contribution in [1.29, 1.82) is 0 Å². The highest BCUT2D eigenvalue weighted by Gasteiger charge is 2.00. The summed E-state index contributed by atoms with van der Waals surface area (Å²) in [5.74, 6) is 6.61.